The lowest BCUT2D eigenvalue weighted by atomic mass is 10.2. The van der Waals surface area contributed by atoms with Crippen molar-refractivity contribution in [2.75, 3.05) is 11.1 Å². The SMILES string of the molecule is CC(C)Nc1ccc2nc(N)nn2c1C(=O)O. The molecule has 0 spiro atoms. The summed E-state index contributed by atoms with van der Waals surface area (Å²) in [5.41, 5.74) is 6.38. The summed E-state index contributed by atoms with van der Waals surface area (Å²) in [6, 6.07) is 3.44. The standard InChI is InChI=1S/C10H13N5O2/c1-5(2)12-6-3-4-7-13-10(11)14-15(7)8(6)9(16)17/h3-5,12H,1-2H3,(H2,11,14)(H,16,17). The maximum absolute atomic E-state index is 11.3. The number of carboxylic acid groups (broad SMARTS) is 1. The minimum Gasteiger partial charge on any atom is -0.476 e. The number of nitrogens with one attached hydrogen (secondary N) is 1. The highest BCUT2D eigenvalue weighted by Crippen LogP contribution is 2.18. The Morgan fingerprint density at radius 3 is 2.82 bits per heavy atom. The van der Waals surface area contributed by atoms with Crippen molar-refractivity contribution in [2.24, 2.45) is 0 Å². The van der Waals surface area contributed by atoms with Crippen LogP contribution in [0.5, 0.6) is 0 Å². The Morgan fingerprint density at radius 1 is 1.53 bits per heavy atom. The van der Waals surface area contributed by atoms with Crippen LogP contribution in [0.2, 0.25) is 0 Å². The van der Waals surface area contributed by atoms with E-state index < -0.39 is 5.97 Å². The van der Waals surface area contributed by atoms with Crippen molar-refractivity contribution in [3.63, 3.8) is 0 Å². The third-order valence-corrected chi connectivity index (χ3v) is 2.16. The minimum absolute atomic E-state index is 0.0281. The zero-order valence-corrected chi connectivity index (χ0v) is 9.51. The van der Waals surface area contributed by atoms with E-state index in [-0.39, 0.29) is 17.7 Å². The summed E-state index contributed by atoms with van der Waals surface area (Å²) in [6.07, 6.45) is 0. The van der Waals surface area contributed by atoms with Crippen LogP contribution in [0, 0.1) is 0 Å². The lowest BCUT2D eigenvalue weighted by molar-refractivity contribution is 0.0688. The molecule has 0 fully saturated rings. The van der Waals surface area contributed by atoms with Crippen LogP contribution in [0.4, 0.5) is 11.6 Å². The Hall–Kier alpha value is -2.31. The first-order valence-electron chi connectivity index (χ1n) is 5.14. The summed E-state index contributed by atoms with van der Waals surface area (Å²) < 4.78 is 1.22. The Kier molecular flexibility index (Phi) is 2.58. The fourth-order valence-electron chi connectivity index (χ4n) is 1.60. The van der Waals surface area contributed by atoms with Gasteiger partial charge in [-0.3, -0.25) is 0 Å². The molecule has 2 rings (SSSR count). The molecule has 7 heteroatoms. The summed E-state index contributed by atoms with van der Waals surface area (Å²) >= 11 is 0. The van der Waals surface area contributed by atoms with Gasteiger partial charge in [-0.25, -0.2) is 9.31 Å². The second-order valence-electron chi connectivity index (χ2n) is 3.94. The molecular formula is C10H13N5O2. The van der Waals surface area contributed by atoms with Crippen molar-refractivity contribution >= 4 is 23.3 Å². The molecule has 2 aromatic rings. The van der Waals surface area contributed by atoms with Crippen molar-refractivity contribution in [3.8, 4) is 0 Å². The number of hydrogen-bond acceptors (Lipinski definition) is 5. The molecule has 0 aromatic carbocycles. The molecule has 0 unspecified atom stereocenters. The van der Waals surface area contributed by atoms with E-state index in [1.165, 1.54) is 4.52 Å². The molecule has 7 nitrogen and oxygen atoms in total. The second-order valence-corrected chi connectivity index (χ2v) is 3.94. The smallest absolute Gasteiger partial charge is 0.356 e. The summed E-state index contributed by atoms with van der Waals surface area (Å²) in [4.78, 5) is 15.2. The first kappa shape index (κ1) is 11.2. The predicted molar refractivity (Wildman–Crippen MR) is 63.1 cm³/mol. The first-order valence-corrected chi connectivity index (χ1v) is 5.14. The van der Waals surface area contributed by atoms with Gasteiger partial charge in [-0.15, -0.1) is 5.10 Å². The second kappa shape index (κ2) is 3.93. The van der Waals surface area contributed by atoms with Crippen molar-refractivity contribution in [3.05, 3.63) is 17.8 Å². The van der Waals surface area contributed by atoms with Gasteiger partial charge in [-0.05, 0) is 26.0 Å². The summed E-state index contributed by atoms with van der Waals surface area (Å²) in [7, 11) is 0. The number of aromatic nitrogens is 3. The molecule has 0 atom stereocenters. The van der Waals surface area contributed by atoms with Gasteiger partial charge in [-0.2, -0.15) is 4.98 Å². The largest absolute Gasteiger partial charge is 0.476 e. The molecule has 0 saturated carbocycles. The van der Waals surface area contributed by atoms with E-state index in [4.69, 9.17) is 5.73 Å². The van der Waals surface area contributed by atoms with Crippen molar-refractivity contribution < 1.29 is 9.90 Å². The molecule has 2 heterocycles. The normalized spacial score (nSPS) is 11.0. The van der Waals surface area contributed by atoms with Crippen molar-refractivity contribution in [1.29, 1.82) is 0 Å². The van der Waals surface area contributed by atoms with E-state index in [9.17, 15) is 9.90 Å². The van der Waals surface area contributed by atoms with E-state index in [0.717, 1.165) is 0 Å². The van der Waals surface area contributed by atoms with Crippen LogP contribution in [0.1, 0.15) is 24.3 Å². The van der Waals surface area contributed by atoms with Gasteiger partial charge < -0.3 is 16.2 Å². The minimum atomic E-state index is -1.08. The van der Waals surface area contributed by atoms with Gasteiger partial charge in [0.05, 0.1) is 5.69 Å². The number of fused-ring (bicyclic) bond motifs is 1. The Bertz CT molecular complexity index is 575. The lowest BCUT2D eigenvalue weighted by Crippen LogP contribution is -2.16. The third-order valence-electron chi connectivity index (χ3n) is 2.16. The van der Waals surface area contributed by atoms with E-state index in [1.807, 2.05) is 13.8 Å². The van der Waals surface area contributed by atoms with Crippen LogP contribution in [-0.2, 0) is 0 Å². The maximum atomic E-state index is 11.3. The van der Waals surface area contributed by atoms with Gasteiger partial charge in [0.2, 0.25) is 5.95 Å². The summed E-state index contributed by atoms with van der Waals surface area (Å²) in [5, 5.41) is 16.1. The number of aromatic carboxylic acids is 1. The van der Waals surface area contributed by atoms with Gasteiger partial charge in [0.15, 0.2) is 11.3 Å². The number of nitrogens with two attached hydrogens (primary N) is 1. The van der Waals surface area contributed by atoms with Gasteiger partial charge in [0.25, 0.3) is 0 Å². The summed E-state index contributed by atoms with van der Waals surface area (Å²) in [6.45, 7) is 3.84. The predicted octanol–water partition coefficient (Wildman–Crippen LogP) is 0.830. The molecule has 90 valence electrons. The number of carboxylic acids is 1. The van der Waals surface area contributed by atoms with Crippen LogP contribution in [0.15, 0.2) is 12.1 Å². The molecule has 0 saturated heterocycles. The van der Waals surface area contributed by atoms with Crippen molar-refractivity contribution in [1.82, 2.24) is 14.6 Å². The number of carbonyl (C=O) groups is 1. The number of anilines is 2. The number of pyridine rings is 1. The first-order chi connectivity index (χ1) is 7.99. The van der Waals surface area contributed by atoms with Crippen LogP contribution in [0.25, 0.3) is 5.65 Å². The molecule has 0 bridgehead atoms. The average Bonchev–Trinajstić information content (AvgIpc) is 2.56. The molecule has 0 aliphatic carbocycles. The fraction of sp³-hybridized carbons (Fsp3) is 0.300. The molecule has 4 N–H and O–H groups in total. The molecule has 17 heavy (non-hydrogen) atoms. The molecule has 0 radical (unpaired) electrons. The fourth-order valence-corrected chi connectivity index (χ4v) is 1.60. The van der Waals surface area contributed by atoms with E-state index in [2.05, 4.69) is 15.4 Å². The Labute approximate surface area is 97.3 Å². The highest BCUT2D eigenvalue weighted by atomic mass is 16.4. The van der Waals surface area contributed by atoms with Crippen LogP contribution in [0.3, 0.4) is 0 Å². The van der Waals surface area contributed by atoms with Crippen molar-refractivity contribution in [2.45, 2.75) is 19.9 Å². The van der Waals surface area contributed by atoms with Gasteiger partial charge in [0.1, 0.15) is 0 Å². The zero-order valence-electron chi connectivity index (χ0n) is 9.51. The quantitative estimate of drug-likeness (QED) is 0.727. The summed E-state index contributed by atoms with van der Waals surface area (Å²) in [5.74, 6) is -1.03. The molecular weight excluding hydrogens is 222 g/mol. The van der Waals surface area contributed by atoms with Gasteiger partial charge in [-0.1, -0.05) is 0 Å². The Morgan fingerprint density at radius 2 is 2.24 bits per heavy atom. The zero-order chi connectivity index (χ0) is 12.6. The van der Waals surface area contributed by atoms with E-state index in [0.29, 0.717) is 11.3 Å². The van der Waals surface area contributed by atoms with Crippen LogP contribution >= 0.6 is 0 Å². The van der Waals surface area contributed by atoms with Crippen LogP contribution in [-0.4, -0.2) is 31.7 Å². The van der Waals surface area contributed by atoms with Gasteiger partial charge >= 0.3 is 5.97 Å². The monoisotopic (exact) mass is 235 g/mol. The number of hydrogen-bond donors (Lipinski definition) is 3. The van der Waals surface area contributed by atoms with Gasteiger partial charge in [0, 0.05) is 6.04 Å². The Balaban J connectivity index is 2.67. The van der Waals surface area contributed by atoms with E-state index >= 15 is 0 Å². The lowest BCUT2D eigenvalue weighted by Gasteiger charge is -2.12. The molecule has 0 amide bonds. The number of nitrogens with zero attached hydrogens (tertiary/aromatic N) is 3. The average molecular weight is 235 g/mol. The maximum Gasteiger partial charge on any atom is 0.356 e. The highest BCUT2D eigenvalue weighted by molar-refractivity contribution is 5.93. The number of rotatable bonds is 3. The topological polar surface area (TPSA) is 106 Å². The molecule has 0 aliphatic rings. The molecule has 0 aliphatic heterocycles. The third kappa shape index (κ3) is 1.99. The molecule has 2 aromatic heterocycles. The van der Waals surface area contributed by atoms with E-state index in [1.54, 1.807) is 12.1 Å². The van der Waals surface area contributed by atoms with Crippen LogP contribution < -0.4 is 11.1 Å². The number of nitrogen functional groups attached to an aromatic ring is 1. The highest BCUT2D eigenvalue weighted by Gasteiger charge is 2.17.